The number of aryl methyl sites for hydroxylation is 1. The van der Waals surface area contributed by atoms with Crippen molar-refractivity contribution in [3.8, 4) is 0 Å². The van der Waals surface area contributed by atoms with Crippen molar-refractivity contribution in [3.63, 3.8) is 0 Å². The highest BCUT2D eigenvalue weighted by molar-refractivity contribution is 4.77. The van der Waals surface area contributed by atoms with Crippen molar-refractivity contribution in [2.45, 2.75) is 13.0 Å². The Labute approximate surface area is 62.0 Å². The number of hydrogen-bond acceptors (Lipinski definition) is 2. The molecule has 0 aromatic carbocycles. The first-order chi connectivity index (χ1) is 5.33. The summed E-state index contributed by atoms with van der Waals surface area (Å²) in [5, 5.41) is 3.96. The van der Waals surface area contributed by atoms with Crippen molar-refractivity contribution >= 4 is 0 Å². The lowest BCUT2D eigenvalue weighted by Crippen LogP contribution is -2.01. The molecule has 0 radical (unpaired) electrons. The van der Waals surface area contributed by atoms with Crippen LogP contribution in [0, 0.1) is 0 Å². The lowest BCUT2D eigenvalue weighted by atomic mass is 10.4. The summed E-state index contributed by atoms with van der Waals surface area (Å²) in [7, 11) is 1.68. The van der Waals surface area contributed by atoms with E-state index in [1.54, 1.807) is 18.0 Å². The Morgan fingerprint density at radius 1 is 1.80 bits per heavy atom. The second-order valence-corrected chi connectivity index (χ2v) is 2.05. The number of hydrogen-bond donors (Lipinski definition) is 0. The third-order valence-corrected chi connectivity index (χ3v) is 1.24. The van der Waals surface area contributed by atoms with Crippen LogP contribution >= 0.6 is 0 Å². The molecule has 0 amide bonds. The molecule has 0 spiro atoms. The summed E-state index contributed by atoms with van der Waals surface area (Å²) in [6, 6.07) is 0.461. The molecule has 1 rings (SSSR count). The Morgan fingerprint density at radius 3 is 3.30 bits per heavy atom. The van der Waals surface area contributed by atoms with Gasteiger partial charge in [-0.3, -0.25) is 4.68 Å². The van der Waals surface area contributed by atoms with E-state index in [0.717, 1.165) is 19.6 Å². The van der Waals surface area contributed by atoms with Crippen molar-refractivity contribution in [1.29, 1.82) is 0 Å². The van der Waals surface area contributed by atoms with Crippen LogP contribution in [-0.4, -0.2) is 23.5 Å². The summed E-state index contributed by atoms with van der Waals surface area (Å²) in [6.07, 6.45) is 4.18. The van der Waals surface area contributed by atoms with Crippen LogP contribution in [0.5, 0.6) is 0 Å². The van der Waals surface area contributed by atoms with E-state index >= 15 is 0 Å². The summed E-state index contributed by atoms with van der Waals surface area (Å²) in [4.78, 5) is 0. The number of aromatic nitrogens is 2. The van der Waals surface area contributed by atoms with Crippen LogP contribution in [0.25, 0.3) is 0 Å². The topological polar surface area (TPSA) is 27.1 Å². The molecule has 3 heteroatoms. The summed E-state index contributed by atoms with van der Waals surface area (Å²) in [5.41, 5.74) is 0. The molecule has 56 valence electrons. The molecule has 0 N–H and O–H groups in total. The van der Waals surface area contributed by atoms with Crippen LogP contribution in [0.2, 0.25) is 0 Å². The van der Waals surface area contributed by atoms with Crippen LogP contribution in [0.15, 0.2) is 18.4 Å². The van der Waals surface area contributed by atoms with Crippen molar-refractivity contribution in [1.82, 2.24) is 9.78 Å². The number of methoxy groups -OCH3 is 1. The minimum Gasteiger partial charge on any atom is -0.385 e. The zero-order valence-electron chi connectivity index (χ0n) is 7.08. The van der Waals surface area contributed by atoms with E-state index in [1.807, 2.05) is 0 Å². The molecule has 1 aromatic rings. The molecule has 0 bridgehead atoms. The summed E-state index contributed by atoms with van der Waals surface area (Å²) in [6.45, 7) is 1.57. The monoisotopic (exact) mass is 141 g/mol. The Balaban J connectivity index is 2.27. The first-order valence-corrected chi connectivity index (χ1v) is 3.31. The van der Waals surface area contributed by atoms with Gasteiger partial charge in [-0.15, -0.1) is 0 Å². The fraction of sp³-hybridized carbons (Fsp3) is 0.571. The zero-order valence-corrected chi connectivity index (χ0v) is 6.08. The molecular formula is C7H12N2O. The number of nitrogens with zero attached hydrogens (tertiary/aromatic N) is 2. The standard InChI is InChI=1S/C7H12N2O/c1-10-7-3-6-9-5-2-4-8-9/h2,4-5H,3,6-7H2,1H3/i2D. The number of ether oxygens (including phenoxy) is 1. The van der Waals surface area contributed by atoms with Gasteiger partial charge in [0.2, 0.25) is 0 Å². The average Bonchev–Trinajstić information content (AvgIpc) is 2.37. The van der Waals surface area contributed by atoms with Crippen LogP contribution in [0.3, 0.4) is 0 Å². The van der Waals surface area contributed by atoms with Gasteiger partial charge in [0, 0.05) is 32.7 Å². The normalized spacial score (nSPS) is 11.5. The van der Waals surface area contributed by atoms with Crippen LogP contribution < -0.4 is 0 Å². The average molecular weight is 141 g/mol. The van der Waals surface area contributed by atoms with E-state index in [2.05, 4.69) is 5.10 Å². The summed E-state index contributed by atoms with van der Waals surface area (Å²) < 4.78 is 13.8. The fourth-order valence-electron chi connectivity index (χ4n) is 0.753. The predicted octanol–water partition coefficient (Wildman–Crippen LogP) is 0.920. The van der Waals surface area contributed by atoms with Crippen LogP contribution in [-0.2, 0) is 11.3 Å². The molecule has 1 aromatic heterocycles. The lowest BCUT2D eigenvalue weighted by Gasteiger charge is -1.98. The molecule has 0 aliphatic heterocycles. The van der Waals surface area contributed by atoms with Gasteiger partial charge >= 0.3 is 0 Å². The van der Waals surface area contributed by atoms with E-state index in [4.69, 9.17) is 6.11 Å². The Kier molecular flexibility index (Phi) is 2.40. The number of rotatable bonds is 4. The third-order valence-electron chi connectivity index (χ3n) is 1.24. The van der Waals surface area contributed by atoms with Gasteiger partial charge < -0.3 is 4.74 Å². The summed E-state index contributed by atoms with van der Waals surface area (Å²) in [5.74, 6) is 0. The highest BCUT2D eigenvalue weighted by Crippen LogP contribution is 1.88. The highest BCUT2D eigenvalue weighted by atomic mass is 16.5. The molecule has 0 saturated heterocycles. The van der Waals surface area contributed by atoms with E-state index in [9.17, 15) is 0 Å². The van der Waals surface area contributed by atoms with Gasteiger partial charge in [-0.1, -0.05) is 0 Å². The first kappa shape index (κ1) is 5.92. The van der Waals surface area contributed by atoms with Crippen molar-refractivity contribution < 1.29 is 6.11 Å². The first-order valence-electron chi connectivity index (χ1n) is 3.81. The largest absolute Gasteiger partial charge is 0.385 e. The zero-order chi connectivity index (χ0) is 8.10. The van der Waals surface area contributed by atoms with Gasteiger partial charge in [-0.2, -0.15) is 5.10 Å². The van der Waals surface area contributed by atoms with Gasteiger partial charge in [-0.05, 0) is 12.5 Å². The highest BCUT2D eigenvalue weighted by Gasteiger charge is 1.88. The van der Waals surface area contributed by atoms with E-state index < -0.39 is 0 Å². The van der Waals surface area contributed by atoms with Crippen LogP contribution in [0.4, 0.5) is 0 Å². The van der Waals surface area contributed by atoms with Crippen LogP contribution in [0.1, 0.15) is 7.79 Å². The van der Waals surface area contributed by atoms with Gasteiger partial charge in [0.25, 0.3) is 0 Å². The molecule has 0 fully saturated rings. The Hall–Kier alpha value is -0.830. The SMILES string of the molecule is [2H]c1cnn(CCCOC)c1. The van der Waals surface area contributed by atoms with E-state index in [-0.39, 0.29) is 0 Å². The maximum absolute atomic E-state index is 7.18. The van der Waals surface area contributed by atoms with E-state index in [0.29, 0.717) is 6.04 Å². The van der Waals surface area contributed by atoms with Crippen molar-refractivity contribution in [2.24, 2.45) is 0 Å². The fourth-order valence-corrected chi connectivity index (χ4v) is 0.753. The van der Waals surface area contributed by atoms with Gasteiger partial charge in [0.1, 0.15) is 0 Å². The van der Waals surface area contributed by atoms with Gasteiger partial charge in [0.05, 0.1) is 1.37 Å². The minimum atomic E-state index is 0.461. The second kappa shape index (κ2) is 4.06. The molecular weight excluding hydrogens is 128 g/mol. The van der Waals surface area contributed by atoms with Crippen molar-refractivity contribution in [2.75, 3.05) is 13.7 Å². The molecule has 0 aliphatic rings. The molecule has 0 saturated carbocycles. The van der Waals surface area contributed by atoms with Gasteiger partial charge in [-0.25, -0.2) is 0 Å². The maximum atomic E-state index is 7.18. The Bertz CT molecular complexity index is 212. The van der Waals surface area contributed by atoms with Crippen molar-refractivity contribution in [3.05, 3.63) is 18.4 Å². The minimum absolute atomic E-state index is 0.461. The molecule has 3 nitrogen and oxygen atoms in total. The quantitative estimate of drug-likeness (QED) is 0.583. The predicted molar refractivity (Wildman–Crippen MR) is 38.7 cm³/mol. The molecule has 10 heavy (non-hydrogen) atoms. The smallest absolute Gasteiger partial charge is 0.0656 e. The maximum Gasteiger partial charge on any atom is 0.0656 e. The molecule has 0 aliphatic carbocycles. The third kappa shape index (κ3) is 2.19. The molecule has 0 atom stereocenters. The molecule has 1 heterocycles. The summed E-state index contributed by atoms with van der Waals surface area (Å²) >= 11 is 0. The Morgan fingerprint density at radius 2 is 2.70 bits per heavy atom. The van der Waals surface area contributed by atoms with E-state index in [1.165, 1.54) is 6.20 Å². The lowest BCUT2D eigenvalue weighted by molar-refractivity contribution is 0.189. The second-order valence-electron chi connectivity index (χ2n) is 2.05. The molecule has 0 unspecified atom stereocenters. The van der Waals surface area contributed by atoms with Gasteiger partial charge in [0.15, 0.2) is 0 Å².